The van der Waals surface area contributed by atoms with Crippen LogP contribution in [0.2, 0.25) is 18.1 Å². The number of aliphatic carboxylic acids is 1. The van der Waals surface area contributed by atoms with Crippen LogP contribution >= 0.6 is 0 Å². The van der Waals surface area contributed by atoms with E-state index in [0.29, 0.717) is 0 Å². The first-order chi connectivity index (χ1) is 7.03. The van der Waals surface area contributed by atoms with Crippen LogP contribution in [0.5, 0.6) is 0 Å². The van der Waals surface area contributed by atoms with Crippen LogP contribution in [0.15, 0.2) is 0 Å². The van der Waals surface area contributed by atoms with Gasteiger partial charge in [-0.15, -0.1) is 0 Å². The molecule has 0 aliphatic carbocycles. The van der Waals surface area contributed by atoms with E-state index < -0.39 is 20.2 Å². The van der Waals surface area contributed by atoms with Gasteiger partial charge in [-0.05, 0) is 31.5 Å². The molecule has 0 aliphatic rings. The Hall–Kier alpha value is -0.353. The van der Waals surface area contributed by atoms with E-state index in [2.05, 4.69) is 33.9 Å². The fourth-order valence-corrected chi connectivity index (χ4v) is 2.73. The smallest absolute Gasteiger partial charge is 0.308 e. The monoisotopic (exact) mass is 248 g/mol. The number of rotatable bonds is 5. The van der Waals surface area contributed by atoms with Crippen LogP contribution in [0, 0.1) is 5.92 Å². The number of carboxylic acids is 1. The zero-order valence-corrected chi connectivity index (χ0v) is 12.6. The van der Waals surface area contributed by atoms with Gasteiger partial charge in [0, 0.05) is 0 Å². The first-order valence-electron chi connectivity index (χ1n) is 5.93. The lowest BCUT2D eigenvalue weighted by Crippen LogP contribution is -2.46. The van der Waals surface area contributed by atoms with E-state index in [1.54, 1.807) is 6.92 Å². The SMILES string of the molecule is CC[13C@@H](O[Si](C)(C)C(C)(C)C)[13C@H](C)C(=O)O. The van der Waals surface area contributed by atoms with Gasteiger partial charge in [0.15, 0.2) is 8.32 Å². The van der Waals surface area contributed by atoms with E-state index >= 15 is 0 Å². The zero-order chi connectivity index (χ0) is 13.1. The highest BCUT2D eigenvalue weighted by Gasteiger charge is 2.40. The molecule has 3 nitrogen and oxygen atoms in total. The molecule has 0 radical (unpaired) electrons. The maximum atomic E-state index is 11.0. The molecule has 0 rings (SSSR count). The molecule has 0 saturated heterocycles. The molecule has 0 saturated carbocycles. The van der Waals surface area contributed by atoms with E-state index in [4.69, 9.17) is 9.53 Å². The van der Waals surface area contributed by atoms with Gasteiger partial charge in [0.25, 0.3) is 0 Å². The minimum absolute atomic E-state index is 0.124. The van der Waals surface area contributed by atoms with Crippen LogP contribution < -0.4 is 0 Å². The lowest BCUT2D eigenvalue weighted by atomic mass is 10.2. The number of carbonyl (C=O) groups is 1. The fourth-order valence-electron chi connectivity index (χ4n) is 1.25. The zero-order valence-electron chi connectivity index (χ0n) is 11.6. The minimum atomic E-state index is -1.86. The summed E-state index contributed by atoms with van der Waals surface area (Å²) in [6.45, 7) is 14.5. The van der Waals surface area contributed by atoms with Crippen LogP contribution in [0.3, 0.4) is 0 Å². The molecule has 2 atom stereocenters. The first kappa shape index (κ1) is 15.6. The fraction of sp³-hybridized carbons (Fsp3) is 0.917. The summed E-state index contributed by atoms with van der Waals surface area (Å²) in [6.07, 6.45) is 0.582. The van der Waals surface area contributed by atoms with Gasteiger partial charge in [0.2, 0.25) is 0 Å². The molecule has 0 amide bonds. The molecule has 1 N–H and O–H groups in total. The Morgan fingerprint density at radius 2 is 1.81 bits per heavy atom. The third kappa shape index (κ3) is 3.90. The summed E-state index contributed by atoms with van der Waals surface area (Å²) in [4.78, 5) is 11.0. The molecule has 0 heterocycles. The van der Waals surface area contributed by atoms with Gasteiger partial charge in [-0.25, -0.2) is 0 Å². The Bertz CT molecular complexity index is 243. The molecule has 0 spiro atoms. The Labute approximate surface area is 100 Å². The summed E-state index contributed by atoms with van der Waals surface area (Å²) in [6, 6.07) is 0. The average molecular weight is 248 g/mol. The summed E-state index contributed by atoms with van der Waals surface area (Å²) in [5, 5.41) is 9.14. The van der Waals surface area contributed by atoms with Crippen molar-refractivity contribution in [2.45, 2.75) is 65.3 Å². The van der Waals surface area contributed by atoms with E-state index in [1.807, 2.05) is 6.92 Å². The highest BCUT2D eigenvalue weighted by molar-refractivity contribution is 6.74. The molecule has 96 valence electrons. The van der Waals surface area contributed by atoms with Crippen LogP contribution in [-0.4, -0.2) is 25.5 Å². The molecule has 0 aliphatic heterocycles. The van der Waals surface area contributed by atoms with Crippen molar-refractivity contribution in [3.05, 3.63) is 0 Å². The normalized spacial score (nSPS) is 16.9. The summed E-state index contributed by atoms with van der Waals surface area (Å²) in [5.74, 6) is -1.20. The van der Waals surface area contributed by atoms with Crippen molar-refractivity contribution in [1.82, 2.24) is 0 Å². The van der Waals surface area contributed by atoms with Gasteiger partial charge < -0.3 is 9.53 Å². The standard InChI is InChI=1S/C12H26O3Si/c1-8-10(9(2)11(13)14)15-16(6,7)12(3,4)5/h9-10H,8H2,1-7H3,(H,13,14)/t9-,10+/m0/s1/i9+1,10+1. The van der Waals surface area contributed by atoms with Gasteiger partial charge >= 0.3 is 5.97 Å². The summed E-state index contributed by atoms with van der Waals surface area (Å²) >= 11 is 0. The minimum Gasteiger partial charge on any atom is -0.481 e. The highest BCUT2D eigenvalue weighted by atomic mass is 28.4. The Balaban J connectivity index is 4.73. The quantitative estimate of drug-likeness (QED) is 0.598. The van der Waals surface area contributed by atoms with Crippen molar-refractivity contribution in [3.8, 4) is 0 Å². The molecule has 0 aromatic rings. The van der Waals surface area contributed by atoms with Gasteiger partial charge in [0.1, 0.15) is 0 Å². The second-order valence-corrected chi connectivity index (χ2v) is 10.7. The maximum absolute atomic E-state index is 11.0. The van der Waals surface area contributed by atoms with Crippen LogP contribution in [-0.2, 0) is 9.22 Å². The first-order valence-corrected chi connectivity index (χ1v) is 8.84. The van der Waals surface area contributed by atoms with Gasteiger partial charge in [-0.2, -0.15) is 0 Å². The third-order valence-electron chi connectivity index (χ3n) is 3.60. The van der Waals surface area contributed by atoms with E-state index in [-0.39, 0.29) is 11.1 Å². The van der Waals surface area contributed by atoms with Crippen molar-refractivity contribution in [2.75, 3.05) is 0 Å². The molecule has 4 heteroatoms. The number of hydrogen-bond acceptors (Lipinski definition) is 2. The lowest BCUT2D eigenvalue weighted by molar-refractivity contribution is -0.144. The predicted molar refractivity (Wildman–Crippen MR) is 69.2 cm³/mol. The summed E-state index contributed by atoms with van der Waals surface area (Å²) < 4.78 is 6.13. The van der Waals surface area contributed by atoms with Crippen LogP contribution in [0.25, 0.3) is 0 Å². The summed E-state index contributed by atoms with van der Waals surface area (Å²) in [5.41, 5.74) is 0. The van der Waals surface area contributed by atoms with Crippen molar-refractivity contribution >= 4 is 14.3 Å². The van der Waals surface area contributed by atoms with Gasteiger partial charge in [0.05, 0.1) is 12.0 Å². The van der Waals surface area contributed by atoms with Crippen molar-refractivity contribution in [1.29, 1.82) is 0 Å². The largest absolute Gasteiger partial charge is 0.481 e. The molecule has 0 aromatic heterocycles. The molecule has 0 aromatic carbocycles. The van der Waals surface area contributed by atoms with Crippen LogP contribution in [0.1, 0.15) is 41.0 Å². The van der Waals surface area contributed by atoms with Crippen molar-refractivity contribution < 1.29 is 14.3 Å². The molecule has 0 bridgehead atoms. The van der Waals surface area contributed by atoms with Crippen LogP contribution in [0.4, 0.5) is 0 Å². The molecule has 16 heavy (non-hydrogen) atoms. The second kappa shape index (κ2) is 5.32. The molecule has 0 unspecified atom stereocenters. The highest BCUT2D eigenvalue weighted by Crippen LogP contribution is 2.38. The number of carboxylic acid groups (broad SMARTS) is 1. The summed E-state index contributed by atoms with van der Waals surface area (Å²) in [7, 11) is -1.86. The number of hydrogen-bond donors (Lipinski definition) is 1. The molecular formula is C12H26O3Si. The lowest BCUT2D eigenvalue weighted by Gasteiger charge is -2.40. The Morgan fingerprint density at radius 1 is 1.38 bits per heavy atom. The Morgan fingerprint density at radius 3 is 2.06 bits per heavy atom. The average Bonchev–Trinajstić information content (AvgIpc) is 2.11. The second-order valence-electron chi connectivity index (χ2n) is 5.95. The topological polar surface area (TPSA) is 46.5 Å². The molecular weight excluding hydrogens is 222 g/mol. The van der Waals surface area contributed by atoms with E-state index in [0.717, 1.165) is 6.42 Å². The van der Waals surface area contributed by atoms with E-state index in [1.165, 1.54) is 0 Å². The maximum Gasteiger partial charge on any atom is 0.308 e. The molecule has 0 fully saturated rings. The van der Waals surface area contributed by atoms with Crippen molar-refractivity contribution in [3.63, 3.8) is 0 Å². The predicted octanol–water partition coefficient (Wildman–Crippen LogP) is 3.51. The van der Waals surface area contributed by atoms with E-state index in [9.17, 15) is 4.79 Å². The van der Waals surface area contributed by atoms with Crippen molar-refractivity contribution in [2.24, 2.45) is 5.92 Å². The van der Waals surface area contributed by atoms with Gasteiger partial charge in [-0.3, -0.25) is 4.79 Å². The Kier molecular flexibility index (Phi) is 5.20. The third-order valence-corrected chi connectivity index (χ3v) is 8.11. The van der Waals surface area contributed by atoms with Gasteiger partial charge in [-0.1, -0.05) is 27.7 Å².